The second-order valence-corrected chi connectivity index (χ2v) is 26.2. The van der Waals surface area contributed by atoms with Gasteiger partial charge in [0.15, 0.2) is 17.5 Å². The maximum Gasteiger partial charge on any atom is 0.319 e. The molecule has 2 aliphatic carbocycles. The summed E-state index contributed by atoms with van der Waals surface area (Å²) in [5, 5.41) is 38.9. The van der Waals surface area contributed by atoms with Crippen LogP contribution in [0.15, 0.2) is 72.8 Å². The van der Waals surface area contributed by atoms with Gasteiger partial charge in [-0.3, -0.25) is 9.69 Å². The normalized spacial score (nSPS) is 19.5. The number of carbonyl (C=O) groups excluding carboxylic acids is 4. The fourth-order valence-electron chi connectivity index (χ4n) is 13.6. The lowest BCUT2D eigenvalue weighted by Gasteiger charge is -2.39. The Bertz CT molecular complexity index is 3670. The molecule has 27 heteroatoms. The molecule has 3 aromatic heterocycles. The highest BCUT2D eigenvalue weighted by atomic mass is 16.5. The molecule has 0 spiro atoms. The maximum atomic E-state index is 11.8. The third-order valence-electron chi connectivity index (χ3n) is 19.1. The number of aliphatic hydroxyl groups is 2. The van der Waals surface area contributed by atoms with E-state index in [0.29, 0.717) is 76.2 Å². The van der Waals surface area contributed by atoms with Gasteiger partial charge in [-0.05, 0) is 165 Å². The lowest BCUT2D eigenvalue weighted by atomic mass is 9.90. The van der Waals surface area contributed by atoms with E-state index >= 15 is 0 Å². The first kappa shape index (κ1) is 72.7. The molecule has 9 N–H and O–H groups in total. The molecule has 0 atom stereocenters. The van der Waals surface area contributed by atoms with Gasteiger partial charge in [-0.25, -0.2) is 44.3 Å². The molecule has 536 valence electrons. The molecule has 3 aromatic carbocycles. The van der Waals surface area contributed by atoms with E-state index in [1.54, 1.807) is 0 Å². The third-order valence-corrected chi connectivity index (χ3v) is 19.1. The number of ether oxygens (including phenoxy) is 3. The van der Waals surface area contributed by atoms with Crippen molar-refractivity contribution in [2.24, 2.45) is 0 Å². The summed E-state index contributed by atoms with van der Waals surface area (Å²) in [7, 11) is 2.13. The number of anilines is 6. The fourth-order valence-corrected chi connectivity index (χ4v) is 13.6. The van der Waals surface area contributed by atoms with Crippen molar-refractivity contribution in [1.82, 2.24) is 61.0 Å². The molecule has 100 heavy (non-hydrogen) atoms. The average Bonchev–Trinajstić information content (AvgIpc) is 0.788. The predicted molar refractivity (Wildman–Crippen MR) is 387 cm³/mol. The number of benzene rings is 3. The Morgan fingerprint density at radius 1 is 0.460 bits per heavy atom. The number of likely N-dealkylation sites (N-methyl/N-ethyl adjacent to an activating group) is 1. The molecule has 3 saturated heterocycles. The number of fused-ring (bicyclic) bond motifs is 3. The average molecular weight is 1370 g/mol. The van der Waals surface area contributed by atoms with Gasteiger partial charge in [0.2, 0.25) is 0 Å². The number of aromatic nitrogens is 6. The Morgan fingerprint density at radius 3 is 1.23 bits per heavy atom. The van der Waals surface area contributed by atoms with Gasteiger partial charge in [0.1, 0.15) is 23.2 Å². The lowest BCUT2D eigenvalue weighted by Crippen LogP contribution is -2.43. The number of hydrogen-bond acceptors (Lipinski definition) is 21. The van der Waals surface area contributed by atoms with Crippen LogP contribution in [0.2, 0.25) is 0 Å². The van der Waals surface area contributed by atoms with E-state index < -0.39 is 0 Å². The van der Waals surface area contributed by atoms with Crippen LogP contribution >= 0.6 is 0 Å². The molecule has 14 rings (SSSR count). The minimum absolute atomic E-state index is 0.143. The van der Waals surface area contributed by atoms with Crippen molar-refractivity contribution in [3.8, 4) is 34.2 Å². The summed E-state index contributed by atoms with van der Waals surface area (Å²) in [5.74, 6) is 5.58. The molecule has 0 radical (unpaired) electrons. The zero-order valence-electron chi connectivity index (χ0n) is 58.5. The Labute approximate surface area is 586 Å². The first-order chi connectivity index (χ1) is 48.8. The number of ketones is 1. The second-order valence-electron chi connectivity index (χ2n) is 26.2. The van der Waals surface area contributed by atoms with E-state index in [1.165, 1.54) is 16.7 Å². The van der Waals surface area contributed by atoms with Crippen LogP contribution in [0.1, 0.15) is 106 Å². The van der Waals surface area contributed by atoms with Crippen LogP contribution in [0.25, 0.3) is 34.2 Å². The number of amides is 6. The molecule has 8 aliphatic rings. The number of carbonyl (C=O) groups is 4. The molecule has 6 amide bonds. The van der Waals surface area contributed by atoms with Crippen LogP contribution in [0.3, 0.4) is 0 Å². The molecule has 6 aliphatic heterocycles. The molecule has 0 bridgehead atoms. The van der Waals surface area contributed by atoms with E-state index in [0.717, 1.165) is 230 Å². The number of morpholine rings is 3. The number of aliphatic hydroxyl groups excluding tert-OH is 2. The monoisotopic (exact) mass is 1370 g/mol. The van der Waals surface area contributed by atoms with Crippen molar-refractivity contribution >= 4 is 58.4 Å². The van der Waals surface area contributed by atoms with E-state index in [9.17, 15) is 24.3 Å². The first-order valence-corrected chi connectivity index (χ1v) is 35.9. The zero-order chi connectivity index (χ0) is 69.7. The van der Waals surface area contributed by atoms with Crippen molar-refractivity contribution < 1.29 is 43.6 Å². The number of urea groups is 3. The Morgan fingerprint density at radius 2 is 0.830 bits per heavy atom. The van der Waals surface area contributed by atoms with Gasteiger partial charge >= 0.3 is 18.1 Å². The van der Waals surface area contributed by atoms with Crippen LogP contribution in [0, 0.1) is 0 Å². The molecular formula is C73H100N18O9. The third kappa shape index (κ3) is 19.9. The molecule has 2 saturated carbocycles. The number of hydrogen-bond donors (Lipinski definition) is 9. The Hall–Kier alpha value is -8.54. The summed E-state index contributed by atoms with van der Waals surface area (Å²) in [6.45, 7) is 22.2. The smallest absolute Gasteiger partial charge is 0.319 e. The molecule has 9 heterocycles. The molecule has 5 fully saturated rings. The summed E-state index contributed by atoms with van der Waals surface area (Å²) in [6, 6.07) is 22.9. The van der Waals surface area contributed by atoms with Crippen LogP contribution in [0.4, 0.5) is 48.9 Å². The van der Waals surface area contributed by atoms with Crippen molar-refractivity contribution in [2.45, 2.75) is 129 Å². The fraction of sp³-hybridized carbons (Fsp3) is 0.534. The number of nitrogens with zero attached hydrogens (tertiary/aromatic N) is 11. The summed E-state index contributed by atoms with van der Waals surface area (Å²) >= 11 is 0. The van der Waals surface area contributed by atoms with Crippen molar-refractivity contribution in [1.29, 1.82) is 0 Å². The molecular weight excluding hydrogens is 1270 g/mol. The summed E-state index contributed by atoms with van der Waals surface area (Å²) in [6.07, 6.45) is 8.90. The Balaban J connectivity index is 0.000000144. The van der Waals surface area contributed by atoms with Gasteiger partial charge in [0, 0.05) is 161 Å². The molecule has 27 nitrogen and oxygen atoms in total. The van der Waals surface area contributed by atoms with E-state index in [1.807, 2.05) is 93.6 Å². The van der Waals surface area contributed by atoms with Crippen LogP contribution in [0.5, 0.6) is 0 Å². The topological polar surface area (TPSA) is 314 Å². The summed E-state index contributed by atoms with van der Waals surface area (Å²) in [4.78, 5) is 87.3. The minimum atomic E-state index is -0.213. The highest BCUT2D eigenvalue weighted by Gasteiger charge is 2.33. The van der Waals surface area contributed by atoms with Crippen molar-refractivity contribution in [3.63, 3.8) is 0 Å². The highest BCUT2D eigenvalue weighted by Crippen LogP contribution is 2.36. The quantitative estimate of drug-likeness (QED) is 0.0554. The van der Waals surface area contributed by atoms with E-state index in [-0.39, 0.29) is 30.3 Å². The van der Waals surface area contributed by atoms with Gasteiger partial charge in [0.25, 0.3) is 0 Å². The number of rotatable bonds is 13. The molecule has 0 unspecified atom stereocenters. The second kappa shape index (κ2) is 36.2. The first-order valence-electron chi connectivity index (χ1n) is 35.9. The maximum absolute atomic E-state index is 11.8. The number of nitrogens with one attached hydrogen (secondary N) is 7. The lowest BCUT2D eigenvalue weighted by molar-refractivity contribution is -0.122. The van der Waals surface area contributed by atoms with Gasteiger partial charge in [-0.15, -0.1) is 0 Å². The van der Waals surface area contributed by atoms with E-state index in [2.05, 4.69) is 68.8 Å². The highest BCUT2D eigenvalue weighted by molar-refractivity contribution is 5.91. The largest absolute Gasteiger partial charge is 0.393 e. The number of Topliss-reactive ketones (excluding diaryl/α,β-unsaturated/α-hetero) is 1. The van der Waals surface area contributed by atoms with Gasteiger partial charge in [-0.2, -0.15) is 0 Å². The van der Waals surface area contributed by atoms with Crippen LogP contribution in [-0.4, -0.2) is 217 Å². The molecule has 6 aromatic rings. The van der Waals surface area contributed by atoms with Crippen LogP contribution < -0.4 is 51.9 Å². The summed E-state index contributed by atoms with van der Waals surface area (Å²) in [5.41, 5.74) is 12.1. The predicted octanol–water partition coefficient (Wildman–Crippen LogP) is 7.15. The van der Waals surface area contributed by atoms with Crippen molar-refractivity contribution in [2.75, 3.05) is 156 Å². The summed E-state index contributed by atoms with van der Waals surface area (Å²) < 4.78 is 16.6. The van der Waals surface area contributed by atoms with Crippen molar-refractivity contribution in [3.05, 3.63) is 107 Å². The standard InChI is InChI=1S/C26H36N6O3.C21H28N6O2.C20H26N6O2.C6H10O2/c1-2-27-26(34)28-19-5-3-18(4-6-19)24-29-23-17-32(20-7-9-21(33)10-8-20)12-11-22(23)25(30-24)31-13-15-35-16-14-31;1-3-22-21(28)23-16-6-4-15(5-7-16)19-24-18-14-26(2)9-8-17(18)20(25-19)27-10-12-29-13-11-27;1-2-22-20(27)23-15-5-3-14(4-6-15)18-24-17-13-21-8-7-16(17)19(25-18)26-9-11-28-12-10-26;7-5-1-2-6(8)4-3-5/h3-6,20-21,33H,2,7-17H2,1H3,(H2,27,28,34);4-7H,3,8-14H2,1-2H3,(H2,22,23,28);3-6,21H,2,7-13H2,1H3,(H2,22,23,27);5,7H,1-4H2. The van der Waals surface area contributed by atoms with E-state index in [4.69, 9.17) is 49.2 Å². The zero-order valence-corrected chi connectivity index (χ0v) is 58.5. The minimum Gasteiger partial charge on any atom is -0.393 e. The Kier molecular flexibility index (Phi) is 26.3. The van der Waals surface area contributed by atoms with Gasteiger partial charge < -0.3 is 81.2 Å². The van der Waals surface area contributed by atoms with Gasteiger partial charge in [0.05, 0.1) is 68.9 Å². The van der Waals surface area contributed by atoms with Crippen LogP contribution in [-0.2, 0) is 57.9 Å². The SMILES string of the molecule is CCNC(=O)Nc1ccc(-c2nc3c(c(N4CCOCC4)n2)CCN(C)C3)cc1.CCNC(=O)Nc1ccc(-c2nc3c(c(N4CCOCC4)n2)CCN(C2CCC(O)CC2)C3)cc1.CCNC(=O)Nc1ccc(-c2nc3c(c(N4CCOCC4)n2)CCNC3)cc1.O=C1CCC(O)CC1. The van der Waals surface area contributed by atoms with Gasteiger partial charge in [-0.1, -0.05) is 0 Å².